The van der Waals surface area contributed by atoms with Gasteiger partial charge in [0.15, 0.2) is 0 Å². The number of carbonyl (C=O) groups is 1. The first-order valence-electron chi connectivity index (χ1n) is 11.1. The van der Waals surface area contributed by atoms with E-state index in [1.54, 1.807) is 18.4 Å². The van der Waals surface area contributed by atoms with E-state index in [1.165, 1.54) is 29.8 Å². The van der Waals surface area contributed by atoms with E-state index in [2.05, 4.69) is 20.8 Å². The smallest absolute Gasteiger partial charge is 0.236 e. The number of piperazine rings is 1. The Labute approximate surface area is 182 Å². The number of fused-ring (bicyclic) bond motifs is 1. The van der Waals surface area contributed by atoms with Crippen LogP contribution in [0.3, 0.4) is 0 Å². The molecule has 5 rings (SSSR count). The number of ether oxygens (including phenoxy) is 1. The molecular formula is C23H30N4O2S. The van der Waals surface area contributed by atoms with Crippen LogP contribution in [0.25, 0.3) is 10.6 Å². The maximum absolute atomic E-state index is 12.9. The highest BCUT2D eigenvalue weighted by molar-refractivity contribution is 7.15. The zero-order valence-corrected chi connectivity index (χ0v) is 18.5. The number of aromatic nitrogens is 1. The minimum absolute atomic E-state index is 0.282. The SMILES string of the molecule is COc1cccc(-c2nc3c(s2)CN(CC(=O)N2CCN(C4CCC4)CC2)CC3)c1. The summed E-state index contributed by atoms with van der Waals surface area (Å²) in [6.07, 6.45) is 4.98. The van der Waals surface area contributed by atoms with Gasteiger partial charge in [0.1, 0.15) is 10.8 Å². The van der Waals surface area contributed by atoms with E-state index >= 15 is 0 Å². The molecule has 6 nitrogen and oxygen atoms in total. The van der Waals surface area contributed by atoms with Crippen molar-refractivity contribution in [3.05, 3.63) is 34.8 Å². The van der Waals surface area contributed by atoms with Crippen LogP contribution in [0.15, 0.2) is 24.3 Å². The summed E-state index contributed by atoms with van der Waals surface area (Å²) in [5.41, 5.74) is 2.29. The fourth-order valence-electron chi connectivity index (χ4n) is 4.64. The molecule has 1 amide bonds. The molecule has 0 radical (unpaired) electrons. The molecule has 30 heavy (non-hydrogen) atoms. The molecule has 0 N–H and O–H groups in total. The Bertz CT molecular complexity index is 902. The first kappa shape index (κ1) is 20.0. The highest BCUT2D eigenvalue weighted by atomic mass is 32.1. The molecule has 2 aromatic rings. The topological polar surface area (TPSA) is 48.9 Å². The van der Waals surface area contributed by atoms with Gasteiger partial charge in [0.05, 0.1) is 19.3 Å². The van der Waals surface area contributed by atoms with Crippen LogP contribution in [0.2, 0.25) is 0 Å². The molecule has 1 saturated carbocycles. The molecule has 3 aliphatic rings. The van der Waals surface area contributed by atoms with Gasteiger partial charge < -0.3 is 9.64 Å². The number of hydrogen-bond acceptors (Lipinski definition) is 6. The highest BCUT2D eigenvalue weighted by Crippen LogP contribution is 2.33. The molecule has 1 aromatic carbocycles. The van der Waals surface area contributed by atoms with E-state index in [1.807, 2.05) is 18.2 Å². The zero-order chi connectivity index (χ0) is 20.5. The average molecular weight is 427 g/mol. The first-order chi connectivity index (χ1) is 14.7. The average Bonchev–Trinajstić information content (AvgIpc) is 3.16. The van der Waals surface area contributed by atoms with Crippen LogP contribution in [0.1, 0.15) is 29.8 Å². The molecule has 2 aliphatic heterocycles. The third-order valence-electron chi connectivity index (χ3n) is 6.74. The van der Waals surface area contributed by atoms with Crippen molar-refractivity contribution in [3.8, 4) is 16.3 Å². The summed E-state index contributed by atoms with van der Waals surface area (Å²) in [4.78, 5) is 26.0. The van der Waals surface area contributed by atoms with Gasteiger partial charge in [-0.3, -0.25) is 14.6 Å². The molecule has 1 aliphatic carbocycles. The molecule has 1 saturated heterocycles. The summed E-state index contributed by atoms with van der Waals surface area (Å²) in [6, 6.07) is 8.86. The molecule has 0 atom stereocenters. The predicted octanol–water partition coefficient (Wildman–Crippen LogP) is 2.87. The highest BCUT2D eigenvalue weighted by Gasteiger charge is 2.30. The molecule has 2 fully saturated rings. The van der Waals surface area contributed by atoms with Crippen LogP contribution in [0, 0.1) is 0 Å². The summed E-state index contributed by atoms with van der Waals surface area (Å²) in [5.74, 6) is 1.13. The third kappa shape index (κ3) is 4.11. The molecular weight excluding hydrogens is 396 g/mol. The number of amides is 1. The zero-order valence-electron chi connectivity index (χ0n) is 17.7. The van der Waals surface area contributed by atoms with Gasteiger partial charge in [0.25, 0.3) is 0 Å². The molecule has 160 valence electrons. The lowest BCUT2D eigenvalue weighted by Crippen LogP contribution is -2.55. The normalized spacial score (nSPS) is 20.6. The van der Waals surface area contributed by atoms with Crippen LogP contribution in [0.4, 0.5) is 0 Å². The molecule has 7 heteroatoms. The van der Waals surface area contributed by atoms with Crippen molar-refractivity contribution in [2.75, 3.05) is 46.4 Å². The van der Waals surface area contributed by atoms with Crippen molar-refractivity contribution in [3.63, 3.8) is 0 Å². The van der Waals surface area contributed by atoms with E-state index in [4.69, 9.17) is 9.72 Å². The molecule has 0 bridgehead atoms. The summed E-state index contributed by atoms with van der Waals surface area (Å²) in [6.45, 7) is 6.10. The largest absolute Gasteiger partial charge is 0.497 e. The fourth-order valence-corrected chi connectivity index (χ4v) is 5.79. The molecule has 0 spiro atoms. The van der Waals surface area contributed by atoms with Crippen molar-refractivity contribution in [1.29, 1.82) is 0 Å². The maximum Gasteiger partial charge on any atom is 0.236 e. The Morgan fingerprint density at radius 3 is 2.77 bits per heavy atom. The number of carbonyl (C=O) groups excluding carboxylic acids is 1. The maximum atomic E-state index is 12.9. The van der Waals surface area contributed by atoms with Crippen molar-refractivity contribution >= 4 is 17.2 Å². The van der Waals surface area contributed by atoms with Gasteiger partial charge >= 0.3 is 0 Å². The number of benzene rings is 1. The Balaban J connectivity index is 1.18. The van der Waals surface area contributed by atoms with Crippen LogP contribution in [-0.4, -0.2) is 78.0 Å². The Morgan fingerprint density at radius 2 is 2.03 bits per heavy atom. The van der Waals surface area contributed by atoms with Gasteiger partial charge in [-0.1, -0.05) is 18.6 Å². The standard InChI is InChI=1S/C23H30N4O2S/c1-29-19-7-2-4-17(14-19)23-24-20-8-9-25(15-21(20)30-23)16-22(28)27-12-10-26(11-13-27)18-5-3-6-18/h2,4,7,14,18H,3,5-6,8-13,15-16H2,1H3. The molecule has 0 unspecified atom stereocenters. The molecule has 1 aromatic heterocycles. The van der Waals surface area contributed by atoms with Crippen LogP contribution < -0.4 is 4.74 Å². The van der Waals surface area contributed by atoms with Gasteiger partial charge in [0, 0.05) is 62.2 Å². The van der Waals surface area contributed by atoms with Crippen molar-refractivity contribution in [2.45, 2.75) is 38.3 Å². The predicted molar refractivity (Wildman–Crippen MR) is 119 cm³/mol. The number of hydrogen-bond donors (Lipinski definition) is 0. The first-order valence-corrected chi connectivity index (χ1v) is 11.9. The van der Waals surface area contributed by atoms with E-state index in [0.717, 1.165) is 68.1 Å². The Kier molecular flexibility index (Phi) is 5.76. The van der Waals surface area contributed by atoms with Crippen LogP contribution >= 0.6 is 11.3 Å². The minimum Gasteiger partial charge on any atom is -0.497 e. The van der Waals surface area contributed by atoms with Gasteiger partial charge in [0.2, 0.25) is 5.91 Å². The van der Waals surface area contributed by atoms with E-state index < -0.39 is 0 Å². The fraction of sp³-hybridized carbons (Fsp3) is 0.565. The quantitative estimate of drug-likeness (QED) is 0.736. The Morgan fingerprint density at radius 1 is 1.20 bits per heavy atom. The van der Waals surface area contributed by atoms with Gasteiger partial charge in [-0.25, -0.2) is 4.98 Å². The van der Waals surface area contributed by atoms with Crippen molar-refractivity contribution < 1.29 is 9.53 Å². The minimum atomic E-state index is 0.282. The van der Waals surface area contributed by atoms with Crippen molar-refractivity contribution in [1.82, 2.24) is 19.7 Å². The number of thiazole rings is 1. The van der Waals surface area contributed by atoms with E-state index in [9.17, 15) is 4.79 Å². The lowest BCUT2D eigenvalue weighted by atomic mass is 9.91. The summed E-state index contributed by atoms with van der Waals surface area (Å²) in [7, 11) is 1.69. The lowest BCUT2D eigenvalue weighted by molar-refractivity contribution is -0.135. The summed E-state index contributed by atoms with van der Waals surface area (Å²) in [5, 5.41) is 1.04. The molecule has 3 heterocycles. The van der Waals surface area contributed by atoms with Gasteiger partial charge in [-0.2, -0.15) is 0 Å². The number of rotatable bonds is 5. The van der Waals surface area contributed by atoms with Crippen LogP contribution in [-0.2, 0) is 17.8 Å². The number of methoxy groups -OCH3 is 1. The van der Waals surface area contributed by atoms with Crippen LogP contribution in [0.5, 0.6) is 5.75 Å². The Hall–Kier alpha value is -1.96. The van der Waals surface area contributed by atoms with Crippen molar-refractivity contribution in [2.24, 2.45) is 0 Å². The summed E-state index contributed by atoms with van der Waals surface area (Å²) < 4.78 is 5.35. The second kappa shape index (κ2) is 8.65. The lowest BCUT2D eigenvalue weighted by Gasteiger charge is -2.43. The van der Waals surface area contributed by atoms with E-state index in [0.29, 0.717) is 6.54 Å². The second-order valence-electron chi connectivity index (χ2n) is 8.58. The monoisotopic (exact) mass is 426 g/mol. The van der Waals surface area contributed by atoms with Gasteiger partial charge in [-0.05, 0) is 25.0 Å². The van der Waals surface area contributed by atoms with Gasteiger partial charge in [-0.15, -0.1) is 11.3 Å². The third-order valence-corrected chi connectivity index (χ3v) is 7.88. The summed E-state index contributed by atoms with van der Waals surface area (Å²) >= 11 is 1.75. The number of nitrogens with zero attached hydrogens (tertiary/aromatic N) is 4. The second-order valence-corrected chi connectivity index (χ2v) is 9.67. The van der Waals surface area contributed by atoms with E-state index in [-0.39, 0.29) is 5.91 Å².